The van der Waals surface area contributed by atoms with Crippen molar-refractivity contribution in [3.63, 3.8) is 0 Å². The molecule has 0 radical (unpaired) electrons. The van der Waals surface area contributed by atoms with Crippen LogP contribution in [-0.2, 0) is 21.4 Å². The van der Waals surface area contributed by atoms with Gasteiger partial charge in [0.05, 0.1) is 20.5 Å². The fraction of sp³-hybridized carbons (Fsp3) is 0.316. The lowest BCUT2D eigenvalue weighted by Gasteiger charge is -2.20. The lowest BCUT2D eigenvalue weighted by molar-refractivity contribution is -0.116. The second kappa shape index (κ2) is 9.38. The van der Waals surface area contributed by atoms with Crippen molar-refractivity contribution in [1.82, 2.24) is 4.31 Å². The Hall–Kier alpha value is -2.58. The summed E-state index contributed by atoms with van der Waals surface area (Å²) in [7, 11) is -0.434. The summed E-state index contributed by atoms with van der Waals surface area (Å²) in [5.74, 6) is 0.835. The summed E-state index contributed by atoms with van der Waals surface area (Å²) in [5, 5.41) is 2.75. The summed E-state index contributed by atoms with van der Waals surface area (Å²) in [6.07, 6.45) is 1.18. The van der Waals surface area contributed by atoms with Gasteiger partial charge in [-0.3, -0.25) is 4.79 Å². The molecule has 2 aromatic rings. The third kappa shape index (κ3) is 6.26. The fourth-order valence-corrected chi connectivity index (χ4v) is 3.32. The van der Waals surface area contributed by atoms with Gasteiger partial charge < -0.3 is 14.8 Å². The quantitative estimate of drug-likeness (QED) is 0.709. The monoisotopic (exact) mass is 392 g/mol. The molecule has 7 nitrogen and oxygen atoms in total. The van der Waals surface area contributed by atoms with Gasteiger partial charge in [-0.05, 0) is 29.8 Å². The van der Waals surface area contributed by atoms with Crippen LogP contribution in [0, 0.1) is 0 Å². The van der Waals surface area contributed by atoms with Crippen LogP contribution >= 0.6 is 0 Å². The second-order valence-corrected chi connectivity index (χ2v) is 7.93. The number of nitrogens with one attached hydrogen (secondary N) is 1. The number of methoxy groups -OCH3 is 2. The summed E-state index contributed by atoms with van der Waals surface area (Å²) < 4.78 is 35.9. The molecule has 0 heterocycles. The molecular formula is C19H24N2O5S. The van der Waals surface area contributed by atoms with Gasteiger partial charge in [0, 0.05) is 25.2 Å². The SMILES string of the molecule is COc1ccc(CN(CCC(=O)Nc2ccccc2)S(C)(=O)=O)cc1OC. The zero-order valence-corrected chi connectivity index (χ0v) is 16.5. The van der Waals surface area contributed by atoms with E-state index in [0.29, 0.717) is 17.2 Å². The van der Waals surface area contributed by atoms with Crippen molar-refractivity contribution in [2.24, 2.45) is 0 Å². The van der Waals surface area contributed by atoms with Crippen molar-refractivity contribution < 1.29 is 22.7 Å². The molecule has 0 aliphatic carbocycles. The molecule has 0 spiro atoms. The molecule has 1 amide bonds. The summed E-state index contributed by atoms with van der Waals surface area (Å²) in [4.78, 5) is 12.1. The molecule has 0 saturated carbocycles. The van der Waals surface area contributed by atoms with Crippen molar-refractivity contribution >= 4 is 21.6 Å². The van der Waals surface area contributed by atoms with Crippen molar-refractivity contribution in [3.05, 3.63) is 54.1 Å². The van der Waals surface area contributed by atoms with Gasteiger partial charge in [-0.25, -0.2) is 8.42 Å². The number of amides is 1. The number of rotatable bonds is 9. The maximum absolute atomic E-state index is 12.1. The van der Waals surface area contributed by atoms with Crippen molar-refractivity contribution in [3.8, 4) is 11.5 Å². The van der Waals surface area contributed by atoms with Gasteiger partial charge in [-0.2, -0.15) is 4.31 Å². The topological polar surface area (TPSA) is 84.9 Å². The first-order valence-corrected chi connectivity index (χ1v) is 10.2. The molecule has 2 rings (SSSR count). The molecule has 2 aromatic carbocycles. The Kier molecular flexibility index (Phi) is 7.20. The summed E-state index contributed by atoms with van der Waals surface area (Å²) >= 11 is 0. The average Bonchev–Trinajstić information content (AvgIpc) is 2.64. The minimum absolute atomic E-state index is 0.0508. The van der Waals surface area contributed by atoms with E-state index in [2.05, 4.69) is 5.32 Å². The number of carbonyl (C=O) groups excluding carboxylic acids is 1. The molecule has 1 N–H and O–H groups in total. The van der Waals surface area contributed by atoms with E-state index in [1.807, 2.05) is 18.2 Å². The van der Waals surface area contributed by atoms with E-state index in [1.54, 1.807) is 30.3 Å². The number of sulfonamides is 1. The van der Waals surface area contributed by atoms with Crippen LogP contribution in [0.5, 0.6) is 11.5 Å². The highest BCUT2D eigenvalue weighted by Gasteiger charge is 2.19. The standard InChI is InChI=1S/C19H24N2O5S/c1-25-17-10-9-15(13-18(17)26-2)14-21(27(3,23)24)12-11-19(22)20-16-7-5-4-6-8-16/h4-10,13H,11-12,14H2,1-3H3,(H,20,22). The largest absolute Gasteiger partial charge is 0.493 e. The van der Waals surface area contributed by atoms with Crippen LogP contribution in [0.15, 0.2) is 48.5 Å². The Balaban J connectivity index is 2.04. The lowest BCUT2D eigenvalue weighted by atomic mass is 10.2. The minimum Gasteiger partial charge on any atom is -0.493 e. The van der Waals surface area contributed by atoms with Gasteiger partial charge in [-0.1, -0.05) is 24.3 Å². The summed E-state index contributed by atoms with van der Waals surface area (Å²) in [5.41, 5.74) is 1.41. The normalized spacial score (nSPS) is 11.3. The van der Waals surface area contributed by atoms with Crippen molar-refractivity contribution in [1.29, 1.82) is 0 Å². The zero-order valence-electron chi connectivity index (χ0n) is 15.6. The van der Waals surface area contributed by atoms with Gasteiger partial charge in [0.15, 0.2) is 11.5 Å². The predicted octanol–water partition coefficient (Wildman–Crippen LogP) is 2.49. The number of hydrogen-bond donors (Lipinski definition) is 1. The number of anilines is 1. The predicted molar refractivity (Wildman–Crippen MR) is 104 cm³/mol. The third-order valence-corrected chi connectivity index (χ3v) is 5.17. The molecule has 0 aromatic heterocycles. The summed E-state index contributed by atoms with van der Waals surface area (Å²) in [6, 6.07) is 14.2. The van der Waals surface area contributed by atoms with Crippen LogP contribution in [0.25, 0.3) is 0 Å². The molecule has 0 saturated heterocycles. The zero-order chi connectivity index (χ0) is 19.9. The molecule has 0 unspecified atom stereocenters. The van der Waals surface area contributed by atoms with Gasteiger partial charge in [-0.15, -0.1) is 0 Å². The molecule has 146 valence electrons. The van der Waals surface area contributed by atoms with E-state index < -0.39 is 10.0 Å². The van der Waals surface area contributed by atoms with E-state index in [4.69, 9.17) is 9.47 Å². The Morgan fingerprint density at radius 1 is 1.04 bits per heavy atom. The minimum atomic E-state index is -3.49. The molecule has 0 aliphatic rings. The van der Waals surface area contributed by atoms with Gasteiger partial charge >= 0.3 is 0 Å². The Labute approximate surface area is 160 Å². The van der Waals surface area contributed by atoms with Crippen molar-refractivity contribution in [2.45, 2.75) is 13.0 Å². The first-order valence-electron chi connectivity index (χ1n) is 8.34. The highest BCUT2D eigenvalue weighted by molar-refractivity contribution is 7.88. The molecule has 8 heteroatoms. The third-order valence-electron chi connectivity index (χ3n) is 3.92. The number of carbonyl (C=O) groups is 1. The lowest BCUT2D eigenvalue weighted by Crippen LogP contribution is -2.32. The number of nitrogens with zero attached hydrogens (tertiary/aromatic N) is 1. The Bertz CT molecular complexity index is 869. The molecule has 0 fully saturated rings. The average molecular weight is 392 g/mol. The molecular weight excluding hydrogens is 368 g/mol. The van der Waals surface area contributed by atoms with Crippen LogP contribution in [0.1, 0.15) is 12.0 Å². The van der Waals surface area contributed by atoms with E-state index in [0.717, 1.165) is 11.8 Å². The highest BCUT2D eigenvalue weighted by Crippen LogP contribution is 2.28. The van der Waals surface area contributed by atoms with E-state index in [1.165, 1.54) is 18.5 Å². The Morgan fingerprint density at radius 3 is 2.30 bits per heavy atom. The molecule has 0 bridgehead atoms. The van der Waals surface area contributed by atoms with Crippen LogP contribution in [0.4, 0.5) is 5.69 Å². The number of hydrogen-bond acceptors (Lipinski definition) is 5. The van der Waals surface area contributed by atoms with E-state index >= 15 is 0 Å². The van der Waals surface area contributed by atoms with Crippen LogP contribution in [0.3, 0.4) is 0 Å². The Morgan fingerprint density at radius 2 is 1.70 bits per heavy atom. The first kappa shape index (κ1) is 20.7. The number of benzene rings is 2. The van der Waals surface area contributed by atoms with Crippen LogP contribution < -0.4 is 14.8 Å². The molecule has 0 aliphatic heterocycles. The first-order chi connectivity index (χ1) is 12.8. The van der Waals surface area contributed by atoms with Gasteiger partial charge in [0.2, 0.25) is 15.9 Å². The maximum Gasteiger partial charge on any atom is 0.225 e. The van der Waals surface area contributed by atoms with Gasteiger partial charge in [0.25, 0.3) is 0 Å². The smallest absolute Gasteiger partial charge is 0.225 e. The van der Waals surface area contributed by atoms with E-state index in [-0.39, 0.29) is 25.4 Å². The maximum atomic E-state index is 12.1. The number of ether oxygens (including phenoxy) is 2. The van der Waals surface area contributed by atoms with Crippen LogP contribution in [-0.4, -0.2) is 45.7 Å². The molecule has 0 atom stereocenters. The summed E-state index contributed by atoms with van der Waals surface area (Å²) in [6.45, 7) is 0.212. The van der Waals surface area contributed by atoms with Gasteiger partial charge in [0.1, 0.15) is 0 Å². The highest BCUT2D eigenvalue weighted by atomic mass is 32.2. The fourth-order valence-electron chi connectivity index (χ4n) is 2.52. The van der Waals surface area contributed by atoms with E-state index in [9.17, 15) is 13.2 Å². The second-order valence-electron chi connectivity index (χ2n) is 5.95. The molecule has 27 heavy (non-hydrogen) atoms. The van der Waals surface area contributed by atoms with Crippen LogP contribution in [0.2, 0.25) is 0 Å². The van der Waals surface area contributed by atoms with Crippen molar-refractivity contribution in [2.75, 3.05) is 32.3 Å². The number of para-hydroxylation sites is 1.